The number of hydrogen-bond acceptors (Lipinski definition) is 4. The molecule has 0 fully saturated rings. The van der Waals surface area contributed by atoms with Crippen molar-refractivity contribution in [1.82, 2.24) is 9.97 Å². The minimum Gasteiger partial charge on any atom is -0.481 e. The molecule has 0 aliphatic rings. The Morgan fingerprint density at radius 1 is 1.41 bits per heavy atom. The highest BCUT2D eigenvalue weighted by molar-refractivity contribution is 9.10. The van der Waals surface area contributed by atoms with Crippen LogP contribution >= 0.6 is 27.7 Å². The molecule has 4 nitrogen and oxygen atoms in total. The second-order valence-electron chi connectivity index (χ2n) is 3.33. The van der Waals surface area contributed by atoms with Gasteiger partial charge in [0.15, 0.2) is 0 Å². The van der Waals surface area contributed by atoms with Crippen LogP contribution in [-0.2, 0) is 4.79 Å². The minimum atomic E-state index is -0.794. The summed E-state index contributed by atoms with van der Waals surface area (Å²) in [7, 11) is 0. The van der Waals surface area contributed by atoms with Gasteiger partial charge in [0.25, 0.3) is 0 Å². The van der Waals surface area contributed by atoms with Crippen molar-refractivity contribution in [3.8, 4) is 0 Å². The summed E-state index contributed by atoms with van der Waals surface area (Å²) >= 11 is 4.83. The van der Waals surface area contributed by atoms with E-state index in [2.05, 4.69) is 25.9 Å². The summed E-state index contributed by atoms with van der Waals surface area (Å²) in [5.74, 6) is -0.287. The first-order chi connectivity index (χ1) is 8.16. The van der Waals surface area contributed by atoms with E-state index in [1.807, 2.05) is 18.2 Å². The highest BCUT2D eigenvalue weighted by Gasteiger charge is 2.06. The first kappa shape index (κ1) is 12.3. The Hall–Kier alpha value is -1.14. The van der Waals surface area contributed by atoms with E-state index in [4.69, 9.17) is 5.11 Å². The maximum atomic E-state index is 10.5. The molecule has 2 aromatic rings. The van der Waals surface area contributed by atoms with Gasteiger partial charge in [-0.3, -0.25) is 4.79 Å². The summed E-state index contributed by atoms with van der Waals surface area (Å²) in [6, 6.07) is 5.77. The second kappa shape index (κ2) is 5.46. The van der Waals surface area contributed by atoms with Crippen LogP contribution in [0.5, 0.6) is 0 Å². The normalized spacial score (nSPS) is 10.6. The fourth-order valence-electron chi connectivity index (χ4n) is 1.36. The highest BCUT2D eigenvalue weighted by atomic mass is 79.9. The molecule has 6 heteroatoms. The van der Waals surface area contributed by atoms with Crippen LogP contribution in [0, 0.1) is 0 Å². The maximum Gasteiger partial charge on any atom is 0.304 e. The highest BCUT2D eigenvalue weighted by Crippen LogP contribution is 2.27. The number of fused-ring (bicyclic) bond motifs is 1. The predicted molar refractivity (Wildman–Crippen MR) is 70.2 cm³/mol. The fraction of sp³-hybridized carbons (Fsp3) is 0.182. The van der Waals surface area contributed by atoms with Gasteiger partial charge in [-0.25, -0.2) is 9.97 Å². The van der Waals surface area contributed by atoms with Crippen LogP contribution in [-0.4, -0.2) is 26.8 Å². The van der Waals surface area contributed by atoms with Crippen molar-refractivity contribution < 1.29 is 9.90 Å². The summed E-state index contributed by atoms with van der Waals surface area (Å²) in [6.07, 6.45) is 1.63. The largest absolute Gasteiger partial charge is 0.481 e. The zero-order chi connectivity index (χ0) is 12.3. The lowest BCUT2D eigenvalue weighted by molar-refractivity contribution is -0.136. The van der Waals surface area contributed by atoms with Crippen molar-refractivity contribution in [2.45, 2.75) is 11.4 Å². The van der Waals surface area contributed by atoms with Crippen molar-refractivity contribution in [3.63, 3.8) is 0 Å². The predicted octanol–water partition coefficient (Wildman–Crippen LogP) is 2.96. The summed E-state index contributed by atoms with van der Waals surface area (Å²) < 4.78 is 0.958. The molecule has 88 valence electrons. The molecule has 1 N–H and O–H groups in total. The average molecular weight is 313 g/mol. The van der Waals surface area contributed by atoms with Crippen LogP contribution in [0.1, 0.15) is 6.42 Å². The SMILES string of the molecule is O=C(O)CCSc1ncnc2ccc(Br)cc12. The third-order valence-electron chi connectivity index (χ3n) is 2.12. The Labute approximate surface area is 111 Å². The quantitative estimate of drug-likeness (QED) is 0.694. The lowest BCUT2D eigenvalue weighted by Gasteiger charge is -2.04. The van der Waals surface area contributed by atoms with Crippen molar-refractivity contribution in [1.29, 1.82) is 0 Å². The molecule has 0 saturated carbocycles. The molecule has 17 heavy (non-hydrogen) atoms. The van der Waals surface area contributed by atoms with Gasteiger partial charge in [-0.05, 0) is 18.2 Å². The van der Waals surface area contributed by atoms with Crippen LogP contribution in [0.4, 0.5) is 0 Å². The lowest BCUT2D eigenvalue weighted by atomic mass is 10.2. The van der Waals surface area contributed by atoms with Crippen LogP contribution in [0.15, 0.2) is 34.0 Å². The first-order valence-electron chi connectivity index (χ1n) is 4.91. The molecule has 1 heterocycles. The van der Waals surface area contributed by atoms with Gasteiger partial charge in [0.05, 0.1) is 11.9 Å². The van der Waals surface area contributed by atoms with Gasteiger partial charge >= 0.3 is 5.97 Å². The molecular formula is C11H9BrN2O2S. The lowest BCUT2D eigenvalue weighted by Crippen LogP contribution is -1.96. The number of carboxylic acid groups (broad SMARTS) is 1. The number of carboxylic acids is 1. The first-order valence-corrected chi connectivity index (χ1v) is 6.69. The molecule has 0 saturated heterocycles. The van der Waals surface area contributed by atoms with Crippen molar-refractivity contribution in [3.05, 3.63) is 29.0 Å². The van der Waals surface area contributed by atoms with Gasteiger partial charge in [-0.2, -0.15) is 0 Å². The number of benzene rings is 1. The number of aromatic nitrogens is 2. The van der Waals surface area contributed by atoms with E-state index >= 15 is 0 Å². The monoisotopic (exact) mass is 312 g/mol. The van der Waals surface area contributed by atoms with E-state index in [1.165, 1.54) is 18.1 Å². The molecule has 2 rings (SSSR count). The van der Waals surface area contributed by atoms with Crippen LogP contribution in [0.2, 0.25) is 0 Å². The average Bonchev–Trinajstić information content (AvgIpc) is 2.29. The Balaban J connectivity index is 2.27. The Morgan fingerprint density at radius 3 is 3.00 bits per heavy atom. The van der Waals surface area contributed by atoms with Gasteiger partial charge in [0.2, 0.25) is 0 Å². The molecule has 0 aliphatic heterocycles. The van der Waals surface area contributed by atoms with E-state index < -0.39 is 5.97 Å². The minimum absolute atomic E-state index is 0.129. The van der Waals surface area contributed by atoms with E-state index in [-0.39, 0.29) is 6.42 Å². The van der Waals surface area contributed by atoms with E-state index in [1.54, 1.807) is 0 Å². The van der Waals surface area contributed by atoms with Crippen LogP contribution in [0.25, 0.3) is 10.9 Å². The summed E-state index contributed by atoms with van der Waals surface area (Å²) in [4.78, 5) is 18.8. The van der Waals surface area contributed by atoms with Crippen LogP contribution < -0.4 is 0 Å². The molecule has 1 aromatic carbocycles. The van der Waals surface area contributed by atoms with E-state index in [9.17, 15) is 4.79 Å². The molecule has 0 amide bonds. The molecule has 1 aromatic heterocycles. The molecular weight excluding hydrogens is 304 g/mol. The maximum absolute atomic E-state index is 10.5. The zero-order valence-corrected chi connectivity index (χ0v) is 11.2. The molecule has 0 spiro atoms. The number of rotatable bonds is 4. The van der Waals surface area contributed by atoms with Gasteiger partial charge < -0.3 is 5.11 Å². The Bertz CT molecular complexity index is 562. The third-order valence-corrected chi connectivity index (χ3v) is 3.62. The smallest absolute Gasteiger partial charge is 0.304 e. The van der Waals surface area contributed by atoms with Gasteiger partial charge in [-0.1, -0.05) is 15.9 Å². The van der Waals surface area contributed by atoms with E-state index in [0.29, 0.717) is 5.75 Å². The summed E-state index contributed by atoms with van der Waals surface area (Å²) in [6.45, 7) is 0. The number of hydrogen-bond donors (Lipinski definition) is 1. The van der Waals surface area contributed by atoms with E-state index in [0.717, 1.165) is 20.4 Å². The number of carbonyl (C=O) groups is 1. The number of thioether (sulfide) groups is 1. The van der Waals surface area contributed by atoms with Gasteiger partial charge in [-0.15, -0.1) is 11.8 Å². The topological polar surface area (TPSA) is 63.1 Å². The fourth-order valence-corrected chi connectivity index (χ4v) is 2.63. The molecule has 0 aliphatic carbocycles. The summed E-state index contributed by atoms with van der Waals surface area (Å²) in [5.41, 5.74) is 0.862. The molecule has 0 bridgehead atoms. The zero-order valence-electron chi connectivity index (χ0n) is 8.76. The number of aliphatic carboxylic acids is 1. The number of nitrogens with zero attached hydrogens (tertiary/aromatic N) is 2. The van der Waals surface area contributed by atoms with Gasteiger partial charge in [0.1, 0.15) is 11.4 Å². The second-order valence-corrected chi connectivity index (χ2v) is 5.33. The third kappa shape index (κ3) is 3.17. The standard InChI is InChI=1S/C11H9BrN2O2S/c12-7-1-2-9-8(5-7)11(14-6-13-9)17-4-3-10(15)16/h1-2,5-6H,3-4H2,(H,15,16). The molecule has 0 atom stereocenters. The van der Waals surface area contributed by atoms with Gasteiger partial charge in [0, 0.05) is 15.6 Å². The van der Waals surface area contributed by atoms with Crippen molar-refractivity contribution in [2.24, 2.45) is 0 Å². The molecule has 0 radical (unpaired) electrons. The van der Waals surface area contributed by atoms with Crippen molar-refractivity contribution >= 4 is 44.6 Å². The summed E-state index contributed by atoms with van der Waals surface area (Å²) in [5, 5.41) is 10.4. The van der Waals surface area contributed by atoms with Crippen molar-refractivity contribution in [2.75, 3.05) is 5.75 Å². The number of halogens is 1. The molecule has 0 unspecified atom stereocenters. The Morgan fingerprint density at radius 2 is 2.24 bits per heavy atom. The van der Waals surface area contributed by atoms with Crippen LogP contribution in [0.3, 0.4) is 0 Å². The Kier molecular flexibility index (Phi) is 3.96.